The molecular formula is C7H15NO. The van der Waals surface area contributed by atoms with Gasteiger partial charge in [0.2, 0.25) is 0 Å². The second kappa shape index (κ2) is 3.18. The van der Waals surface area contributed by atoms with Gasteiger partial charge < -0.3 is 10.1 Å². The summed E-state index contributed by atoms with van der Waals surface area (Å²) in [6, 6.07) is 0. The summed E-state index contributed by atoms with van der Waals surface area (Å²) >= 11 is 0. The third-order valence-corrected chi connectivity index (χ3v) is 2.01. The highest BCUT2D eigenvalue weighted by molar-refractivity contribution is 4.74. The van der Waals surface area contributed by atoms with Crippen molar-refractivity contribution in [1.82, 2.24) is 5.32 Å². The van der Waals surface area contributed by atoms with Crippen LogP contribution >= 0.6 is 0 Å². The Hall–Kier alpha value is -0.0800. The van der Waals surface area contributed by atoms with Crippen LogP contribution in [0.1, 0.15) is 13.3 Å². The maximum absolute atomic E-state index is 5.26. The molecule has 0 bridgehead atoms. The molecule has 0 aromatic rings. The molecule has 0 aromatic heterocycles. The van der Waals surface area contributed by atoms with Gasteiger partial charge >= 0.3 is 0 Å². The second-order valence-electron chi connectivity index (χ2n) is 2.74. The van der Waals surface area contributed by atoms with Crippen LogP contribution < -0.4 is 5.32 Å². The van der Waals surface area contributed by atoms with Gasteiger partial charge in [0.05, 0.1) is 6.10 Å². The van der Waals surface area contributed by atoms with Gasteiger partial charge in [-0.1, -0.05) is 6.92 Å². The fourth-order valence-corrected chi connectivity index (χ4v) is 1.34. The van der Waals surface area contributed by atoms with Gasteiger partial charge in [-0.15, -0.1) is 0 Å². The number of hydrogen-bond acceptors (Lipinski definition) is 2. The van der Waals surface area contributed by atoms with Gasteiger partial charge in [-0.25, -0.2) is 0 Å². The summed E-state index contributed by atoms with van der Waals surface area (Å²) in [7, 11) is 1.80. The van der Waals surface area contributed by atoms with E-state index in [0.717, 1.165) is 19.5 Å². The smallest absolute Gasteiger partial charge is 0.0621 e. The molecule has 0 aromatic carbocycles. The van der Waals surface area contributed by atoms with Crippen molar-refractivity contribution in [2.75, 3.05) is 20.2 Å². The van der Waals surface area contributed by atoms with Crippen molar-refractivity contribution in [3.8, 4) is 0 Å². The van der Waals surface area contributed by atoms with Crippen LogP contribution in [-0.2, 0) is 4.74 Å². The second-order valence-corrected chi connectivity index (χ2v) is 2.74. The molecule has 1 aliphatic heterocycles. The molecule has 0 aliphatic carbocycles. The SMILES string of the molecule is CO[C@H]1CCNCC1C. The third-order valence-electron chi connectivity index (χ3n) is 2.01. The van der Waals surface area contributed by atoms with E-state index in [1.165, 1.54) is 0 Å². The van der Waals surface area contributed by atoms with Crippen molar-refractivity contribution in [2.45, 2.75) is 19.4 Å². The monoisotopic (exact) mass is 129 g/mol. The molecule has 0 saturated carbocycles. The van der Waals surface area contributed by atoms with Crippen LogP contribution in [0.2, 0.25) is 0 Å². The van der Waals surface area contributed by atoms with Crippen molar-refractivity contribution < 1.29 is 4.74 Å². The Morgan fingerprint density at radius 3 is 2.78 bits per heavy atom. The first-order valence-electron chi connectivity index (χ1n) is 3.58. The summed E-state index contributed by atoms with van der Waals surface area (Å²) in [5.41, 5.74) is 0. The fourth-order valence-electron chi connectivity index (χ4n) is 1.34. The molecule has 0 spiro atoms. The molecule has 9 heavy (non-hydrogen) atoms. The highest BCUT2D eigenvalue weighted by Gasteiger charge is 2.19. The van der Waals surface area contributed by atoms with Crippen LogP contribution in [0.15, 0.2) is 0 Å². The van der Waals surface area contributed by atoms with Gasteiger partial charge in [0.1, 0.15) is 0 Å². The van der Waals surface area contributed by atoms with Crippen molar-refractivity contribution in [1.29, 1.82) is 0 Å². The Morgan fingerprint density at radius 1 is 1.56 bits per heavy atom. The van der Waals surface area contributed by atoms with E-state index in [4.69, 9.17) is 4.74 Å². The van der Waals surface area contributed by atoms with Crippen LogP contribution in [0.4, 0.5) is 0 Å². The Balaban J connectivity index is 2.30. The zero-order chi connectivity index (χ0) is 6.69. The summed E-state index contributed by atoms with van der Waals surface area (Å²) in [5.74, 6) is 0.684. The lowest BCUT2D eigenvalue weighted by Crippen LogP contribution is -2.39. The van der Waals surface area contributed by atoms with Crippen molar-refractivity contribution in [3.63, 3.8) is 0 Å². The van der Waals surface area contributed by atoms with Crippen molar-refractivity contribution in [3.05, 3.63) is 0 Å². The Labute approximate surface area is 56.6 Å². The summed E-state index contributed by atoms with van der Waals surface area (Å²) < 4.78 is 5.26. The van der Waals surface area contributed by atoms with Crippen LogP contribution in [-0.4, -0.2) is 26.3 Å². The van der Waals surface area contributed by atoms with Gasteiger partial charge in [0.15, 0.2) is 0 Å². The minimum absolute atomic E-state index is 0.492. The van der Waals surface area contributed by atoms with Gasteiger partial charge in [0, 0.05) is 13.7 Å². The van der Waals surface area contributed by atoms with Gasteiger partial charge in [0.25, 0.3) is 0 Å². The van der Waals surface area contributed by atoms with Gasteiger partial charge in [-0.2, -0.15) is 0 Å². The molecule has 1 saturated heterocycles. The molecule has 0 radical (unpaired) electrons. The number of rotatable bonds is 1. The van der Waals surface area contributed by atoms with E-state index in [2.05, 4.69) is 12.2 Å². The maximum Gasteiger partial charge on any atom is 0.0621 e. The fraction of sp³-hybridized carbons (Fsp3) is 1.00. The minimum atomic E-state index is 0.492. The highest BCUT2D eigenvalue weighted by atomic mass is 16.5. The molecule has 1 rings (SSSR count). The quantitative estimate of drug-likeness (QED) is 0.560. The third kappa shape index (κ3) is 1.66. The Kier molecular flexibility index (Phi) is 2.49. The molecule has 1 unspecified atom stereocenters. The topological polar surface area (TPSA) is 21.3 Å². The van der Waals surface area contributed by atoms with Crippen LogP contribution in [0.25, 0.3) is 0 Å². The van der Waals surface area contributed by atoms with Crippen LogP contribution in [0.5, 0.6) is 0 Å². The number of methoxy groups -OCH3 is 1. The van der Waals surface area contributed by atoms with E-state index in [9.17, 15) is 0 Å². The summed E-state index contributed by atoms with van der Waals surface area (Å²) in [6.45, 7) is 4.45. The first-order valence-corrected chi connectivity index (χ1v) is 3.58. The van der Waals surface area contributed by atoms with Crippen molar-refractivity contribution >= 4 is 0 Å². The number of nitrogens with one attached hydrogen (secondary N) is 1. The van der Waals surface area contributed by atoms with E-state index in [0.29, 0.717) is 12.0 Å². The lowest BCUT2D eigenvalue weighted by molar-refractivity contribution is 0.0380. The summed E-state index contributed by atoms with van der Waals surface area (Å²) in [5, 5.41) is 3.32. The van der Waals surface area contributed by atoms with E-state index in [1.54, 1.807) is 7.11 Å². The lowest BCUT2D eigenvalue weighted by Gasteiger charge is -2.27. The molecule has 54 valence electrons. The van der Waals surface area contributed by atoms with E-state index in [1.807, 2.05) is 0 Å². The van der Waals surface area contributed by atoms with Crippen LogP contribution in [0.3, 0.4) is 0 Å². The number of ether oxygens (including phenoxy) is 1. The van der Waals surface area contributed by atoms with Gasteiger partial charge in [-0.3, -0.25) is 0 Å². The average Bonchev–Trinajstić information content (AvgIpc) is 1.89. The molecule has 1 aliphatic rings. The van der Waals surface area contributed by atoms with E-state index >= 15 is 0 Å². The number of hydrogen-bond donors (Lipinski definition) is 1. The molecule has 1 fully saturated rings. The zero-order valence-electron chi connectivity index (χ0n) is 6.18. The predicted octanol–water partition coefficient (Wildman–Crippen LogP) is 0.631. The van der Waals surface area contributed by atoms with Crippen LogP contribution in [0, 0.1) is 5.92 Å². The van der Waals surface area contributed by atoms with Crippen molar-refractivity contribution in [2.24, 2.45) is 5.92 Å². The Bertz CT molecular complexity index is 85.0. The standard InChI is InChI=1S/C7H15NO/c1-6-5-8-4-3-7(6)9-2/h6-8H,3-5H2,1-2H3/t6?,7-/m0/s1. The molecule has 1 heterocycles. The predicted molar refractivity (Wildman–Crippen MR) is 37.4 cm³/mol. The summed E-state index contributed by atoms with van der Waals surface area (Å²) in [4.78, 5) is 0. The first kappa shape index (κ1) is 7.03. The Morgan fingerprint density at radius 2 is 2.33 bits per heavy atom. The molecule has 1 N–H and O–H groups in total. The first-order chi connectivity index (χ1) is 4.34. The number of piperidine rings is 1. The normalized spacial score (nSPS) is 36.7. The van der Waals surface area contributed by atoms with E-state index in [-0.39, 0.29) is 0 Å². The van der Waals surface area contributed by atoms with E-state index < -0.39 is 0 Å². The zero-order valence-corrected chi connectivity index (χ0v) is 6.18. The maximum atomic E-state index is 5.26. The summed E-state index contributed by atoms with van der Waals surface area (Å²) in [6.07, 6.45) is 1.66. The minimum Gasteiger partial charge on any atom is -0.381 e. The lowest BCUT2D eigenvalue weighted by atomic mass is 9.98. The molecule has 2 nitrogen and oxygen atoms in total. The molecule has 0 amide bonds. The largest absolute Gasteiger partial charge is 0.381 e. The molecule has 2 atom stereocenters. The molecule has 2 heteroatoms. The van der Waals surface area contributed by atoms with Gasteiger partial charge in [-0.05, 0) is 18.9 Å². The molecular weight excluding hydrogens is 114 g/mol. The highest BCUT2D eigenvalue weighted by Crippen LogP contribution is 2.12. The average molecular weight is 129 g/mol.